The number of para-hydroxylation sites is 1. The van der Waals surface area contributed by atoms with E-state index in [2.05, 4.69) is 10.6 Å². The fourth-order valence-corrected chi connectivity index (χ4v) is 2.32. The molecule has 0 heterocycles. The van der Waals surface area contributed by atoms with E-state index in [4.69, 9.17) is 23.2 Å². The Morgan fingerprint density at radius 1 is 1.18 bits per heavy atom. The number of anilines is 2. The number of nitrogens with one attached hydrogen (secondary N) is 2. The Morgan fingerprint density at radius 2 is 1.91 bits per heavy atom. The Bertz CT molecular complexity index is 675. The van der Waals surface area contributed by atoms with Crippen molar-refractivity contribution in [2.75, 3.05) is 17.2 Å². The monoisotopic (exact) mass is 338 g/mol. The number of hydrogen-bond acceptors (Lipinski definition) is 3. The lowest BCUT2D eigenvalue weighted by Gasteiger charge is -2.14. The molecule has 22 heavy (non-hydrogen) atoms. The van der Waals surface area contributed by atoms with E-state index in [1.165, 1.54) is 0 Å². The number of hydrogen-bond donors (Lipinski definition) is 3. The molecule has 1 atom stereocenters. The second kappa shape index (κ2) is 7.49. The Hall–Kier alpha value is -1.75. The van der Waals surface area contributed by atoms with Crippen molar-refractivity contribution in [2.45, 2.75) is 13.0 Å². The first-order chi connectivity index (χ1) is 10.5. The minimum atomic E-state index is -0.617. The molecule has 0 aliphatic rings. The van der Waals surface area contributed by atoms with Crippen molar-refractivity contribution in [3.05, 3.63) is 58.1 Å². The van der Waals surface area contributed by atoms with Crippen molar-refractivity contribution in [3.8, 4) is 0 Å². The highest BCUT2D eigenvalue weighted by molar-refractivity contribution is 6.35. The third kappa shape index (κ3) is 4.37. The maximum atomic E-state index is 12.0. The van der Waals surface area contributed by atoms with Gasteiger partial charge in [0, 0.05) is 16.3 Å². The van der Waals surface area contributed by atoms with Gasteiger partial charge in [0.1, 0.15) is 0 Å². The summed E-state index contributed by atoms with van der Waals surface area (Å²) in [5, 5.41) is 16.3. The molecule has 2 rings (SSSR count). The minimum absolute atomic E-state index is 0.0482. The molecule has 0 bridgehead atoms. The molecule has 1 unspecified atom stereocenters. The van der Waals surface area contributed by atoms with E-state index in [1.54, 1.807) is 31.2 Å². The van der Waals surface area contributed by atoms with Crippen LogP contribution in [-0.2, 0) is 4.79 Å². The number of halogens is 2. The van der Waals surface area contributed by atoms with Crippen LogP contribution in [0.15, 0.2) is 42.5 Å². The summed E-state index contributed by atoms with van der Waals surface area (Å²) in [5.41, 5.74) is 1.91. The van der Waals surface area contributed by atoms with Crippen LogP contribution in [0.2, 0.25) is 10.0 Å². The van der Waals surface area contributed by atoms with Crippen LogP contribution in [0.5, 0.6) is 0 Å². The van der Waals surface area contributed by atoms with E-state index in [0.29, 0.717) is 21.4 Å². The number of benzene rings is 2. The predicted octanol–water partition coefficient (Wildman–Crippen LogP) is 4.10. The molecule has 0 radical (unpaired) electrons. The van der Waals surface area contributed by atoms with Crippen LogP contribution >= 0.6 is 23.2 Å². The highest BCUT2D eigenvalue weighted by Gasteiger charge is 2.10. The summed E-state index contributed by atoms with van der Waals surface area (Å²) >= 11 is 11.9. The van der Waals surface area contributed by atoms with Crippen molar-refractivity contribution in [1.82, 2.24) is 0 Å². The zero-order valence-electron chi connectivity index (χ0n) is 11.9. The largest absolute Gasteiger partial charge is 0.389 e. The Morgan fingerprint density at radius 3 is 2.64 bits per heavy atom. The maximum Gasteiger partial charge on any atom is 0.243 e. The van der Waals surface area contributed by atoms with Gasteiger partial charge in [0.05, 0.1) is 23.4 Å². The summed E-state index contributed by atoms with van der Waals surface area (Å²) in [6, 6.07) is 12.1. The third-order valence-electron chi connectivity index (χ3n) is 3.05. The summed E-state index contributed by atoms with van der Waals surface area (Å²) < 4.78 is 0. The zero-order valence-corrected chi connectivity index (χ0v) is 13.4. The highest BCUT2D eigenvalue weighted by atomic mass is 35.5. The molecular weight excluding hydrogens is 323 g/mol. The van der Waals surface area contributed by atoms with Crippen LogP contribution in [0.3, 0.4) is 0 Å². The molecule has 0 aromatic heterocycles. The van der Waals surface area contributed by atoms with Crippen LogP contribution in [0.4, 0.5) is 11.4 Å². The summed E-state index contributed by atoms with van der Waals surface area (Å²) in [6.07, 6.45) is -0.617. The SMILES string of the molecule is CC(O)c1ccccc1NCC(=O)Nc1cc(Cl)ccc1Cl. The van der Waals surface area contributed by atoms with Gasteiger partial charge in [0.15, 0.2) is 0 Å². The number of rotatable bonds is 5. The summed E-state index contributed by atoms with van der Waals surface area (Å²) in [6.45, 7) is 1.72. The van der Waals surface area contributed by atoms with Gasteiger partial charge in [-0.25, -0.2) is 0 Å². The number of carbonyl (C=O) groups is 1. The first-order valence-electron chi connectivity index (χ1n) is 6.73. The normalized spacial score (nSPS) is 11.8. The zero-order chi connectivity index (χ0) is 16.1. The van der Waals surface area contributed by atoms with Crippen molar-refractivity contribution in [2.24, 2.45) is 0 Å². The van der Waals surface area contributed by atoms with Crippen molar-refractivity contribution < 1.29 is 9.90 Å². The molecular formula is C16H16Cl2N2O2. The van der Waals surface area contributed by atoms with Crippen LogP contribution in [0.25, 0.3) is 0 Å². The number of aliphatic hydroxyl groups is 1. The summed E-state index contributed by atoms with van der Waals surface area (Å²) in [7, 11) is 0. The average Bonchev–Trinajstić information content (AvgIpc) is 2.49. The molecule has 0 fully saturated rings. The summed E-state index contributed by atoms with van der Waals surface area (Å²) in [4.78, 5) is 12.0. The maximum absolute atomic E-state index is 12.0. The van der Waals surface area contributed by atoms with Crippen LogP contribution in [-0.4, -0.2) is 17.6 Å². The molecule has 0 aliphatic carbocycles. The van der Waals surface area contributed by atoms with Gasteiger partial charge < -0.3 is 15.7 Å². The van der Waals surface area contributed by atoms with Gasteiger partial charge in [-0.05, 0) is 31.2 Å². The molecule has 2 aromatic rings. The lowest BCUT2D eigenvalue weighted by atomic mass is 10.1. The standard InChI is InChI=1S/C16H16Cl2N2O2/c1-10(21)12-4-2-3-5-14(12)19-9-16(22)20-15-8-11(17)6-7-13(15)18/h2-8,10,19,21H,9H2,1H3,(H,20,22). The van der Waals surface area contributed by atoms with E-state index < -0.39 is 6.10 Å². The quantitative estimate of drug-likeness (QED) is 0.769. The Kier molecular flexibility index (Phi) is 5.66. The van der Waals surface area contributed by atoms with E-state index in [0.717, 1.165) is 5.56 Å². The molecule has 0 spiro atoms. The van der Waals surface area contributed by atoms with Gasteiger partial charge in [0.2, 0.25) is 5.91 Å². The smallest absolute Gasteiger partial charge is 0.243 e. The van der Waals surface area contributed by atoms with Gasteiger partial charge in [-0.2, -0.15) is 0 Å². The second-order valence-corrected chi connectivity index (χ2v) is 5.63. The molecule has 2 aromatic carbocycles. The van der Waals surface area contributed by atoms with Gasteiger partial charge >= 0.3 is 0 Å². The van der Waals surface area contributed by atoms with Crippen LogP contribution in [0, 0.1) is 0 Å². The Labute approximate surface area is 139 Å². The highest BCUT2D eigenvalue weighted by Crippen LogP contribution is 2.25. The molecule has 3 N–H and O–H groups in total. The van der Waals surface area contributed by atoms with Gasteiger partial charge in [0.25, 0.3) is 0 Å². The molecule has 0 saturated carbocycles. The van der Waals surface area contributed by atoms with Crippen molar-refractivity contribution in [3.63, 3.8) is 0 Å². The van der Waals surface area contributed by atoms with Crippen molar-refractivity contribution in [1.29, 1.82) is 0 Å². The lowest BCUT2D eigenvalue weighted by molar-refractivity contribution is -0.114. The Balaban J connectivity index is 2.00. The van der Waals surface area contributed by atoms with Crippen LogP contribution in [0.1, 0.15) is 18.6 Å². The van der Waals surface area contributed by atoms with E-state index in [1.807, 2.05) is 18.2 Å². The molecule has 0 aliphatic heterocycles. The third-order valence-corrected chi connectivity index (χ3v) is 3.62. The topological polar surface area (TPSA) is 61.4 Å². The molecule has 1 amide bonds. The predicted molar refractivity (Wildman–Crippen MR) is 90.7 cm³/mol. The average molecular weight is 339 g/mol. The van der Waals surface area contributed by atoms with Gasteiger partial charge in [-0.1, -0.05) is 41.4 Å². The van der Waals surface area contributed by atoms with Gasteiger partial charge in [-0.3, -0.25) is 4.79 Å². The second-order valence-electron chi connectivity index (χ2n) is 4.79. The fourth-order valence-electron chi connectivity index (χ4n) is 1.99. The van der Waals surface area contributed by atoms with E-state index >= 15 is 0 Å². The van der Waals surface area contributed by atoms with Gasteiger partial charge in [-0.15, -0.1) is 0 Å². The number of carbonyl (C=O) groups excluding carboxylic acids is 1. The fraction of sp³-hybridized carbons (Fsp3) is 0.188. The van der Waals surface area contributed by atoms with E-state index in [9.17, 15) is 9.90 Å². The molecule has 4 nitrogen and oxygen atoms in total. The number of amides is 1. The number of aliphatic hydroxyl groups excluding tert-OH is 1. The summed E-state index contributed by atoms with van der Waals surface area (Å²) in [5.74, 6) is -0.260. The molecule has 116 valence electrons. The first kappa shape index (κ1) is 16.6. The first-order valence-corrected chi connectivity index (χ1v) is 7.48. The van der Waals surface area contributed by atoms with Crippen molar-refractivity contribution >= 4 is 40.5 Å². The van der Waals surface area contributed by atoms with E-state index in [-0.39, 0.29) is 12.5 Å². The molecule has 0 saturated heterocycles. The lowest BCUT2D eigenvalue weighted by Crippen LogP contribution is -2.22. The molecule has 6 heteroatoms. The van der Waals surface area contributed by atoms with Crippen LogP contribution < -0.4 is 10.6 Å². The minimum Gasteiger partial charge on any atom is -0.389 e.